The van der Waals surface area contributed by atoms with E-state index in [-0.39, 0.29) is 6.10 Å². The molecular formula is C21H30ClN5O2Si. The van der Waals surface area contributed by atoms with E-state index in [1.54, 1.807) is 0 Å². The summed E-state index contributed by atoms with van der Waals surface area (Å²) in [6.07, 6.45) is 1.34. The Morgan fingerprint density at radius 2 is 2.03 bits per heavy atom. The first-order valence-corrected chi connectivity index (χ1v) is 14.7. The highest BCUT2D eigenvalue weighted by Gasteiger charge is 2.22. The Kier molecular flexibility index (Phi) is 6.29. The van der Waals surface area contributed by atoms with Crippen LogP contribution in [0, 0.1) is 6.92 Å². The quantitative estimate of drug-likeness (QED) is 0.275. The van der Waals surface area contributed by atoms with Gasteiger partial charge in [0.1, 0.15) is 18.4 Å². The zero-order valence-electron chi connectivity index (χ0n) is 18.2. The normalized spacial score (nSPS) is 16.9. The van der Waals surface area contributed by atoms with Gasteiger partial charge in [-0.1, -0.05) is 19.6 Å². The maximum atomic E-state index is 6.17. The van der Waals surface area contributed by atoms with Crippen LogP contribution in [0.25, 0.3) is 22.4 Å². The van der Waals surface area contributed by atoms with Crippen molar-refractivity contribution in [3.8, 4) is 11.4 Å². The van der Waals surface area contributed by atoms with Crippen molar-refractivity contribution in [3.05, 3.63) is 29.8 Å². The fraction of sp³-hybridized carbons (Fsp3) is 0.571. The summed E-state index contributed by atoms with van der Waals surface area (Å²) in [5.41, 5.74) is 2.95. The molecule has 1 aromatic carbocycles. The second-order valence-corrected chi connectivity index (χ2v) is 15.0. The molecule has 0 N–H and O–H groups in total. The number of imidazole rings is 1. The van der Waals surface area contributed by atoms with Gasteiger partial charge in [-0.2, -0.15) is 0 Å². The number of rotatable bonds is 9. The molecular weight excluding hydrogens is 418 g/mol. The molecule has 4 rings (SSSR count). The van der Waals surface area contributed by atoms with Gasteiger partial charge in [-0.3, -0.25) is 4.57 Å². The van der Waals surface area contributed by atoms with Gasteiger partial charge in [0.2, 0.25) is 0 Å². The van der Waals surface area contributed by atoms with Crippen molar-refractivity contribution in [2.45, 2.75) is 64.3 Å². The minimum absolute atomic E-state index is 0.253. The molecule has 1 aliphatic rings. The maximum Gasteiger partial charge on any atom is 0.165 e. The summed E-state index contributed by atoms with van der Waals surface area (Å²) in [6, 6.07) is 7.36. The molecule has 0 radical (unpaired) electrons. The second-order valence-electron chi connectivity index (χ2n) is 9.10. The Morgan fingerprint density at radius 1 is 1.23 bits per heavy atom. The maximum absolute atomic E-state index is 6.17. The molecule has 30 heavy (non-hydrogen) atoms. The molecule has 0 aliphatic carbocycles. The number of nitrogens with zero attached hydrogens (tertiary/aromatic N) is 5. The number of alkyl halides is 1. The molecule has 9 heteroatoms. The molecule has 0 saturated carbocycles. The van der Waals surface area contributed by atoms with Crippen LogP contribution in [0.2, 0.25) is 25.7 Å². The van der Waals surface area contributed by atoms with Gasteiger partial charge in [0.25, 0.3) is 0 Å². The summed E-state index contributed by atoms with van der Waals surface area (Å²) in [7, 11) is -1.11. The van der Waals surface area contributed by atoms with Crippen LogP contribution in [0.3, 0.4) is 0 Å². The number of hydrogen-bond acceptors (Lipinski definition) is 5. The van der Waals surface area contributed by atoms with Crippen molar-refractivity contribution in [1.82, 2.24) is 24.3 Å². The zero-order chi connectivity index (χ0) is 21.3. The molecule has 3 aromatic rings. The van der Waals surface area contributed by atoms with Gasteiger partial charge in [0.15, 0.2) is 5.82 Å². The van der Waals surface area contributed by atoms with Gasteiger partial charge >= 0.3 is 0 Å². The minimum Gasteiger partial charge on any atom is -0.376 e. The van der Waals surface area contributed by atoms with Crippen LogP contribution in [0.1, 0.15) is 18.1 Å². The lowest BCUT2D eigenvalue weighted by atomic mass is 10.1. The zero-order valence-corrected chi connectivity index (χ0v) is 19.9. The van der Waals surface area contributed by atoms with E-state index in [1.165, 1.54) is 0 Å². The van der Waals surface area contributed by atoms with Gasteiger partial charge < -0.3 is 14.0 Å². The summed E-state index contributed by atoms with van der Waals surface area (Å²) in [4.78, 5) is 4.76. The van der Waals surface area contributed by atoms with Gasteiger partial charge in [-0.15, -0.1) is 21.8 Å². The van der Waals surface area contributed by atoms with Crippen LogP contribution >= 0.6 is 11.6 Å². The number of fused-ring (bicyclic) bond motifs is 1. The number of ether oxygens (including phenoxy) is 2. The summed E-state index contributed by atoms with van der Waals surface area (Å²) >= 11 is 6.17. The summed E-state index contributed by atoms with van der Waals surface area (Å²) in [5, 5.41) is 8.68. The average Bonchev–Trinajstić information content (AvgIpc) is 3.20. The smallest absolute Gasteiger partial charge is 0.165 e. The van der Waals surface area contributed by atoms with Gasteiger partial charge in [-0.05, 0) is 37.6 Å². The van der Waals surface area contributed by atoms with E-state index >= 15 is 0 Å². The fourth-order valence-electron chi connectivity index (χ4n) is 3.54. The van der Waals surface area contributed by atoms with Crippen molar-refractivity contribution < 1.29 is 9.47 Å². The first kappa shape index (κ1) is 21.5. The molecule has 1 atom stereocenters. The van der Waals surface area contributed by atoms with Gasteiger partial charge in [0.05, 0.1) is 29.6 Å². The summed E-state index contributed by atoms with van der Waals surface area (Å²) in [5.74, 6) is 2.88. The van der Waals surface area contributed by atoms with Crippen LogP contribution in [0.15, 0.2) is 18.2 Å². The molecule has 7 nitrogen and oxygen atoms in total. The van der Waals surface area contributed by atoms with Crippen molar-refractivity contribution in [1.29, 1.82) is 0 Å². The SMILES string of the molecule is Cc1nnc(-c2ccc3c(c2)nc(CCl)n3C[C@@H]2CCO2)n1COCC[Si](C)(C)C. The van der Waals surface area contributed by atoms with E-state index in [0.29, 0.717) is 12.6 Å². The van der Waals surface area contributed by atoms with Gasteiger partial charge in [0, 0.05) is 26.9 Å². The van der Waals surface area contributed by atoms with E-state index in [4.69, 9.17) is 26.1 Å². The van der Waals surface area contributed by atoms with Crippen LogP contribution in [-0.2, 0) is 28.6 Å². The molecule has 0 amide bonds. The predicted molar refractivity (Wildman–Crippen MR) is 122 cm³/mol. The lowest BCUT2D eigenvalue weighted by Gasteiger charge is -2.27. The topological polar surface area (TPSA) is 67.0 Å². The van der Waals surface area contributed by atoms with Crippen LogP contribution in [-0.4, -0.2) is 51.7 Å². The third-order valence-electron chi connectivity index (χ3n) is 5.54. The highest BCUT2D eigenvalue weighted by atomic mass is 35.5. The van der Waals surface area contributed by atoms with Crippen molar-refractivity contribution >= 4 is 30.7 Å². The molecule has 2 aromatic heterocycles. The predicted octanol–water partition coefficient (Wildman–Crippen LogP) is 4.44. The molecule has 1 saturated heterocycles. The van der Waals surface area contributed by atoms with E-state index in [1.807, 2.05) is 11.5 Å². The monoisotopic (exact) mass is 447 g/mol. The lowest BCUT2D eigenvalue weighted by Crippen LogP contribution is -2.31. The van der Waals surface area contributed by atoms with Crippen molar-refractivity contribution in [3.63, 3.8) is 0 Å². The average molecular weight is 448 g/mol. The van der Waals surface area contributed by atoms with Crippen molar-refractivity contribution in [2.24, 2.45) is 0 Å². The Balaban J connectivity index is 1.57. The van der Waals surface area contributed by atoms with E-state index in [2.05, 4.69) is 52.6 Å². The fourth-order valence-corrected chi connectivity index (χ4v) is 4.50. The largest absolute Gasteiger partial charge is 0.376 e. The molecule has 0 unspecified atom stereocenters. The van der Waals surface area contributed by atoms with Crippen LogP contribution in [0.4, 0.5) is 0 Å². The van der Waals surface area contributed by atoms with Crippen LogP contribution in [0.5, 0.6) is 0 Å². The molecule has 162 valence electrons. The summed E-state index contributed by atoms with van der Waals surface area (Å²) in [6.45, 7) is 11.9. The highest BCUT2D eigenvalue weighted by molar-refractivity contribution is 6.76. The van der Waals surface area contributed by atoms with Crippen LogP contribution < -0.4 is 0 Å². The number of aryl methyl sites for hydroxylation is 1. The molecule has 0 spiro atoms. The lowest BCUT2D eigenvalue weighted by molar-refractivity contribution is -0.0589. The molecule has 1 fully saturated rings. The number of hydrogen-bond donors (Lipinski definition) is 0. The first-order chi connectivity index (χ1) is 14.4. The number of benzene rings is 1. The van der Waals surface area contributed by atoms with E-state index in [9.17, 15) is 0 Å². The second kappa shape index (κ2) is 8.78. The minimum atomic E-state index is -1.11. The molecule has 0 bridgehead atoms. The third-order valence-corrected chi connectivity index (χ3v) is 7.48. The van der Waals surface area contributed by atoms with E-state index in [0.717, 1.165) is 66.3 Å². The Labute approximate surface area is 183 Å². The number of aromatic nitrogens is 5. The molecule has 3 heterocycles. The Hall–Kier alpha value is -1.74. The standard InChI is InChI=1S/C21H30ClN5O2Si/c1-15-24-25-21(27(15)14-28-9-10-30(2,3)4)16-5-6-19-18(11-16)23-20(12-22)26(19)13-17-7-8-29-17/h5-6,11,17H,7-10,12-14H2,1-4H3/t17-/m0/s1. The van der Waals surface area contributed by atoms with E-state index < -0.39 is 8.07 Å². The summed E-state index contributed by atoms with van der Waals surface area (Å²) < 4.78 is 15.8. The van der Waals surface area contributed by atoms with Gasteiger partial charge in [-0.25, -0.2) is 4.98 Å². The highest BCUT2D eigenvalue weighted by Crippen LogP contribution is 2.27. The number of halogens is 1. The third kappa shape index (κ3) is 4.61. The van der Waals surface area contributed by atoms with Crippen molar-refractivity contribution in [2.75, 3.05) is 13.2 Å². The Morgan fingerprint density at radius 3 is 2.70 bits per heavy atom. The Bertz CT molecular complexity index is 1020. The molecule has 1 aliphatic heterocycles. The first-order valence-electron chi connectivity index (χ1n) is 10.5.